The molecular weight excluding hydrogens is 134 g/mol. The molecule has 3 aliphatic carbocycles. The summed E-state index contributed by atoms with van der Waals surface area (Å²) < 4.78 is 0. The fraction of sp³-hybridized carbons (Fsp3) is 1.00. The van der Waals surface area contributed by atoms with E-state index in [-0.39, 0.29) is 5.54 Å². The highest BCUT2D eigenvalue weighted by Crippen LogP contribution is 2.61. The average molecular weight is 153 g/mol. The molecule has 3 atom stereocenters. The van der Waals surface area contributed by atoms with Crippen molar-refractivity contribution in [3.8, 4) is 0 Å². The van der Waals surface area contributed by atoms with Crippen LogP contribution >= 0.6 is 0 Å². The third kappa shape index (κ3) is 0.807. The molecule has 0 aromatic carbocycles. The number of rotatable bonds is 0. The zero-order valence-electron chi connectivity index (χ0n) is 7.85. The predicted molar refractivity (Wildman–Crippen MR) is 47.2 cm³/mol. The second-order valence-corrected chi connectivity index (χ2v) is 5.35. The van der Waals surface area contributed by atoms with Gasteiger partial charge in [-0.15, -0.1) is 0 Å². The topological polar surface area (TPSA) is 26.0 Å². The molecule has 0 heterocycles. The highest BCUT2D eigenvalue weighted by atomic mass is 14.8. The second-order valence-electron chi connectivity index (χ2n) is 5.35. The maximum Gasteiger partial charge on any atom is 0.0159 e. The van der Waals surface area contributed by atoms with Crippen LogP contribution in [0.2, 0.25) is 0 Å². The van der Waals surface area contributed by atoms with E-state index < -0.39 is 0 Å². The molecule has 0 aromatic heterocycles. The van der Waals surface area contributed by atoms with Crippen LogP contribution in [0.3, 0.4) is 0 Å². The van der Waals surface area contributed by atoms with E-state index in [4.69, 9.17) is 5.73 Å². The maximum atomic E-state index is 6.23. The van der Waals surface area contributed by atoms with E-state index in [0.717, 1.165) is 11.8 Å². The molecule has 3 saturated carbocycles. The number of hydrogen-bond acceptors (Lipinski definition) is 1. The first-order valence-corrected chi connectivity index (χ1v) is 4.73. The van der Waals surface area contributed by atoms with E-state index >= 15 is 0 Å². The molecule has 0 radical (unpaired) electrons. The van der Waals surface area contributed by atoms with Crippen LogP contribution in [-0.2, 0) is 0 Å². The SMILES string of the molecule is CC1(N)CCC2CC1C2(C)C. The van der Waals surface area contributed by atoms with Gasteiger partial charge in [-0.1, -0.05) is 13.8 Å². The summed E-state index contributed by atoms with van der Waals surface area (Å²) in [6.45, 7) is 7.00. The van der Waals surface area contributed by atoms with Gasteiger partial charge in [0.15, 0.2) is 0 Å². The summed E-state index contributed by atoms with van der Waals surface area (Å²) in [6.07, 6.45) is 3.99. The third-order valence-corrected chi connectivity index (χ3v) is 4.30. The molecule has 0 amide bonds. The second kappa shape index (κ2) is 1.82. The molecule has 2 N–H and O–H groups in total. The largest absolute Gasteiger partial charge is 0.325 e. The van der Waals surface area contributed by atoms with Crippen LogP contribution in [0.15, 0.2) is 0 Å². The molecule has 1 nitrogen and oxygen atoms in total. The van der Waals surface area contributed by atoms with Gasteiger partial charge in [-0.2, -0.15) is 0 Å². The van der Waals surface area contributed by atoms with Crippen molar-refractivity contribution in [2.75, 3.05) is 0 Å². The van der Waals surface area contributed by atoms with Crippen molar-refractivity contribution < 1.29 is 0 Å². The average Bonchev–Trinajstić information content (AvgIpc) is 1.84. The third-order valence-electron chi connectivity index (χ3n) is 4.30. The van der Waals surface area contributed by atoms with Gasteiger partial charge in [0.05, 0.1) is 0 Å². The van der Waals surface area contributed by atoms with Crippen LogP contribution in [0, 0.1) is 17.3 Å². The molecule has 3 rings (SSSR count). The van der Waals surface area contributed by atoms with Crippen LogP contribution in [0.4, 0.5) is 0 Å². The van der Waals surface area contributed by atoms with Crippen LogP contribution in [0.5, 0.6) is 0 Å². The zero-order valence-corrected chi connectivity index (χ0v) is 7.85. The minimum absolute atomic E-state index is 0.137. The van der Waals surface area contributed by atoms with E-state index in [9.17, 15) is 0 Å². The Balaban J connectivity index is 2.23. The fourth-order valence-corrected chi connectivity index (χ4v) is 3.28. The van der Waals surface area contributed by atoms with E-state index in [1.54, 1.807) is 0 Å². The molecule has 1 heteroatoms. The minimum atomic E-state index is 0.137. The van der Waals surface area contributed by atoms with Crippen molar-refractivity contribution >= 4 is 0 Å². The van der Waals surface area contributed by atoms with Crippen LogP contribution in [0.25, 0.3) is 0 Å². The molecule has 3 unspecified atom stereocenters. The first-order chi connectivity index (χ1) is 4.94. The quantitative estimate of drug-likeness (QED) is 0.567. The summed E-state index contributed by atoms with van der Waals surface area (Å²) in [5.74, 6) is 1.76. The van der Waals surface area contributed by atoms with Gasteiger partial charge in [0.2, 0.25) is 0 Å². The Bertz CT molecular complexity index is 171. The number of fused-ring (bicyclic) bond motifs is 2. The molecule has 64 valence electrons. The molecule has 0 aliphatic heterocycles. The molecule has 0 spiro atoms. The lowest BCUT2D eigenvalue weighted by Gasteiger charge is -2.63. The van der Waals surface area contributed by atoms with Crippen molar-refractivity contribution in [1.29, 1.82) is 0 Å². The highest BCUT2D eigenvalue weighted by Gasteiger charge is 2.57. The Morgan fingerprint density at radius 1 is 1.27 bits per heavy atom. The minimum Gasteiger partial charge on any atom is -0.325 e. The van der Waals surface area contributed by atoms with Crippen molar-refractivity contribution in [2.45, 2.75) is 45.6 Å². The number of nitrogens with two attached hydrogens (primary N) is 1. The predicted octanol–water partition coefficient (Wildman–Crippen LogP) is 2.16. The van der Waals surface area contributed by atoms with Crippen molar-refractivity contribution in [2.24, 2.45) is 23.0 Å². The van der Waals surface area contributed by atoms with E-state index in [0.29, 0.717) is 5.41 Å². The molecule has 0 aromatic rings. The lowest BCUT2D eigenvalue weighted by atomic mass is 9.44. The summed E-state index contributed by atoms with van der Waals surface area (Å²) in [4.78, 5) is 0. The first kappa shape index (κ1) is 7.60. The number of hydrogen-bond donors (Lipinski definition) is 1. The normalized spacial score (nSPS) is 53.5. The van der Waals surface area contributed by atoms with Gasteiger partial charge < -0.3 is 5.73 Å². The first-order valence-electron chi connectivity index (χ1n) is 4.73. The summed E-state index contributed by atoms with van der Waals surface area (Å²) >= 11 is 0. The fourth-order valence-electron chi connectivity index (χ4n) is 3.28. The molecule has 0 saturated heterocycles. The van der Waals surface area contributed by atoms with Gasteiger partial charge in [-0.3, -0.25) is 0 Å². The summed E-state index contributed by atoms with van der Waals surface area (Å²) in [5, 5.41) is 0. The standard InChI is InChI=1S/C10H19N/c1-9(2)7-4-5-10(3,11)8(9)6-7/h7-8H,4-6,11H2,1-3H3. The van der Waals surface area contributed by atoms with Gasteiger partial charge >= 0.3 is 0 Å². The summed E-state index contributed by atoms with van der Waals surface area (Å²) in [6, 6.07) is 0. The van der Waals surface area contributed by atoms with Crippen molar-refractivity contribution in [1.82, 2.24) is 0 Å². The monoisotopic (exact) mass is 153 g/mol. The summed E-state index contributed by atoms with van der Waals surface area (Å²) in [5.41, 5.74) is 6.92. The Labute approximate surface area is 69.4 Å². The lowest BCUT2D eigenvalue weighted by molar-refractivity contribution is -0.111. The van der Waals surface area contributed by atoms with Crippen LogP contribution in [0.1, 0.15) is 40.0 Å². The smallest absolute Gasteiger partial charge is 0.0159 e. The molecule has 3 aliphatic rings. The highest BCUT2D eigenvalue weighted by molar-refractivity contribution is 5.10. The van der Waals surface area contributed by atoms with Crippen molar-refractivity contribution in [3.63, 3.8) is 0 Å². The van der Waals surface area contributed by atoms with Crippen LogP contribution in [-0.4, -0.2) is 5.54 Å². The Morgan fingerprint density at radius 3 is 2.18 bits per heavy atom. The van der Waals surface area contributed by atoms with Gasteiger partial charge in [0.25, 0.3) is 0 Å². The Kier molecular flexibility index (Phi) is 1.26. The van der Waals surface area contributed by atoms with Gasteiger partial charge in [0.1, 0.15) is 0 Å². The van der Waals surface area contributed by atoms with E-state index in [1.807, 2.05) is 0 Å². The van der Waals surface area contributed by atoms with Crippen LogP contribution < -0.4 is 5.73 Å². The van der Waals surface area contributed by atoms with E-state index in [2.05, 4.69) is 20.8 Å². The van der Waals surface area contributed by atoms with Crippen molar-refractivity contribution in [3.05, 3.63) is 0 Å². The summed E-state index contributed by atoms with van der Waals surface area (Å²) in [7, 11) is 0. The lowest BCUT2D eigenvalue weighted by Crippen LogP contribution is -2.63. The van der Waals surface area contributed by atoms with E-state index in [1.165, 1.54) is 19.3 Å². The van der Waals surface area contributed by atoms with Gasteiger partial charge in [0, 0.05) is 5.54 Å². The Hall–Kier alpha value is -0.0400. The maximum absolute atomic E-state index is 6.23. The molecule has 11 heavy (non-hydrogen) atoms. The van der Waals surface area contributed by atoms with Gasteiger partial charge in [-0.05, 0) is 43.4 Å². The Morgan fingerprint density at radius 2 is 1.91 bits per heavy atom. The molecule has 3 fully saturated rings. The molecule has 2 bridgehead atoms. The zero-order chi connectivity index (χ0) is 8.28. The van der Waals surface area contributed by atoms with Gasteiger partial charge in [-0.25, -0.2) is 0 Å². The molecular formula is C10H19N.